The topological polar surface area (TPSA) is 44.0 Å². The van der Waals surface area contributed by atoms with E-state index in [1.165, 1.54) is 37.9 Å². The van der Waals surface area contributed by atoms with Gasteiger partial charge in [-0.1, -0.05) is 30.3 Å². The molecule has 1 aromatic carbocycles. The van der Waals surface area contributed by atoms with Gasteiger partial charge in [0.2, 0.25) is 0 Å². The van der Waals surface area contributed by atoms with Crippen LogP contribution in [0.4, 0.5) is 0 Å². The molecule has 2 atom stereocenters. The highest BCUT2D eigenvalue weighted by molar-refractivity contribution is 14.0. The number of hydrogen-bond acceptors (Lipinski definition) is 3. The third kappa shape index (κ3) is 5.98. The Morgan fingerprint density at radius 3 is 2.66 bits per heavy atom. The molecule has 1 aromatic heterocycles. The largest absolute Gasteiger partial charge is 0.469 e. The maximum atomic E-state index is 5.47. The molecule has 1 N–H and O–H groups in total. The number of aliphatic imine (C=N–C) groups is 1. The lowest BCUT2D eigenvalue weighted by molar-refractivity contribution is 0.249. The average molecular weight is 508 g/mol. The zero-order valence-electron chi connectivity index (χ0n) is 17.3. The number of nitrogens with one attached hydrogen (secondary N) is 1. The molecule has 0 bridgehead atoms. The summed E-state index contributed by atoms with van der Waals surface area (Å²) in [5.74, 6) is 2.03. The minimum absolute atomic E-state index is 0. The Morgan fingerprint density at radius 2 is 1.93 bits per heavy atom. The SMILES string of the molecule is CC(NC(=NCCc1ccco1)N1CCC(N2CCCC2)C1)c1ccccc1.I. The summed E-state index contributed by atoms with van der Waals surface area (Å²) in [5, 5.41) is 3.69. The van der Waals surface area contributed by atoms with Crippen LogP contribution in [-0.2, 0) is 6.42 Å². The molecule has 2 unspecified atom stereocenters. The molecule has 158 valence electrons. The molecule has 0 spiro atoms. The minimum Gasteiger partial charge on any atom is -0.469 e. The molecular formula is C23H33IN4O. The van der Waals surface area contributed by atoms with E-state index in [4.69, 9.17) is 9.41 Å². The molecule has 2 aliphatic heterocycles. The van der Waals surface area contributed by atoms with E-state index in [1.807, 2.05) is 12.1 Å². The van der Waals surface area contributed by atoms with Crippen LogP contribution in [0, 0.1) is 0 Å². The molecule has 0 amide bonds. The van der Waals surface area contributed by atoms with Gasteiger partial charge in [-0.2, -0.15) is 0 Å². The highest BCUT2D eigenvalue weighted by atomic mass is 127. The van der Waals surface area contributed by atoms with Gasteiger partial charge in [-0.3, -0.25) is 9.89 Å². The first kappa shape index (κ1) is 22.2. The quantitative estimate of drug-likeness (QED) is 0.359. The van der Waals surface area contributed by atoms with Crippen molar-refractivity contribution < 1.29 is 4.42 Å². The normalized spacial score (nSPS) is 21.2. The predicted molar refractivity (Wildman–Crippen MR) is 129 cm³/mol. The van der Waals surface area contributed by atoms with Gasteiger partial charge in [0.15, 0.2) is 5.96 Å². The van der Waals surface area contributed by atoms with Crippen LogP contribution in [0.3, 0.4) is 0 Å². The fourth-order valence-electron chi connectivity index (χ4n) is 4.32. The Balaban J connectivity index is 0.00000240. The smallest absolute Gasteiger partial charge is 0.194 e. The van der Waals surface area contributed by atoms with Crippen LogP contribution < -0.4 is 5.32 Å². The van der Waals surface area contributed by atoms with Crippen molar-refractivity contribution in [1.82, 2.24) is 15.1 Å². The Bertz CT molecular complexity index is 744. The summed E-state index contributed by atoms with van der Waals surface area (Å²) < 4.78 is 5.47. The average Bonchev–Trinajstić information content (AvgIpc) is 3.49. The summed E-state index contributed by atoms with van der Waals surface area (Å²) in [6, 6.07) is 15.5. The highest BCUT2D eigenvalue weighted by Crippen LogP contribution is 2.21. The van der Waals surface area contributed by atoms with Gasteiger partial charge < -0.3 is 14.6 Å². The van der Waals surface area contributed by atoms with Gasteiger partial charge in [0, 0.05) is 32.1 Å². The van der Waals surface area contributed by atoms with Crippen LogP contribution in [0.1, 0.15) is 43.6 Å². The monoisotopic (exact) mass is 508 g/mol. The lowest BCUT2D eigenvalue weighted by Gasteiger charge is -2.27. The Morgan fingerprint density at radius 1 is 1.14 bits per heavy atom. The van der Waals surface area contributed by atoms with Crippen LogP contribution in [0.5, 0.6) is 0 Å². The van der Waals surface area contributed by atoms with Crippen molar-refractivity contribution in [1.29, 1.82) is 0 Å². The lowest BCUT2D eigenvalue weighted by atomic mass is 10.1. The van der Waals surface area contributed by atoms with Gasteiger partial charge >= 0.3 is 0 Å². The number of rotatable bonds is 6. The fraction of sp³-hybridized carbons (Fsp3) is 0.522. The fourth-order valence-corrected chi connectivity index (χ4v) is 4.32. The van der Waals surface area contributed by atoms with Gasteiger partial charge in [0.25, 0.3) is 0 Å². The maximum Gasteiger partial charge on any atom is 0.194 e. The van der Waals surface area contributed by atoms with Gasteiger partial charge in [-0.15, -0.1) is 24.0 Å². The molecule has 2 aliphatic rings. The van der Waals surface area contributed by atoms with Crippen molar-refractivity contribution in [2.45, 2.75) is 44.7 Å². The number of halogens is 1. The van der Waals surface area contributed by atoms with Crippen molar-refractivity contribution >= 4 is 29.9 Å². The van der Waals surface area contributed by atoms with Gasteiger partial charge in [-0.05, 0) is 57.0 Å². The van der Waals surface area contributed by atoms with E-state index in [0.29, 0.717) is 6.04 Å². The van der Waals surface area contributed by atoms with E-state index in [9.17, 15) is 0 Å². The van der Waals surface area contributed by atoms with E-state index in [1.54, 1.807) is 6.26 Å². The molecule has 0 aliphatic carbocycles. The number of likely N-dealkylation sites (tertiary alicyclic amines) is 2. The standard InChI is InChI=1S/C23H32N4O.HI/c1-19(20-8-3-2-4-9-20)25-23(24-13-11-22-10-7-17-28-22)27-16-12-21(18-27)26-14-5-6-15-26;/h2-4,7-10,17,19,21H,5-6,11-16,18H2,1H3,(H,24,25);1H. The molecule has 6 heteroatoms. The van der Waals surface area contributed by atoms with Crippen LogP contribution in [0.25, 0.3) is 0 Å². The molecule has 29 heavy (non-hydrogen) atoms. The van der Waals surface area contributed by atoms with Crippen molar-refractivity contribution in [2.75, 3.05) is 32.7 Å². The van der Waals surface area contributed by atoms with Crippen molar-refractivity contribution in [3.8, 4) is 0 Å². The summed E-state index contributed by atoms with van der Waals surface area (Å²) >= 11 is 0. The summed E-state index contributed by atoms with van der Waals surface area (Å²) in [6.07, 6.45) is 6.50. The van der Waals surface area contributed by atoms with Gasteiger partial charge in [0.05, 0.1) is 12.3 Å². The summed E-state index contributed by atoms with van der Waals surface area (Å²) in [5.41, 5.74) is 1.29. The second kappa shape index (κ2) is 11.0. The summed E-state index contributed by atoms with van der Waals surface area (Å²) in [7, 11) is 0. The zero-order valence-corrected chi connectivity index (χ0v) is 19.6. The lowest BCUT2D eigenvalue weighted by Crippen LogP contribution is -2.43. The number of nitrogens with zero attached hydrogens (tertiary/aromatic N) is 3. The van der Waals surface area contributed by atoms with Gasteiger partial charge in [-0.25, -0.2) is 0 Å². The van der Waals surface area contributed by atoms with Crippen LogP contribution in [0.15, 0.2) is 58.1 Å². The molecular weight excluding hydrogens is 475 g/mol. The molecule has 3 heterocycles. The van der Waals surface area contributed by atoms with E-state index >= 15 is 0 Å². The van der Waals surface area contributed by atoms with Crippen LogP contribution in [0.2, 0.25) is 0 Å². The first-order valence-corrected chi connectivity index (χ1v) is 10.7. The predicted octanol–water partition coefficient (Wildman–Crippen LogP) is 4.32. The molecule has 5 nitrogen and oxygen atoms in total. The first-order valence-electron chi connectivity index (χ1n) is 10.7. The summed E-state index contributed by atoms with van der Waals surface area (Å²) in [4.78, 5) is 10.1. The molecule has 2 saturated heterocycles. The maximum absolute atomic E-state index is 5.47. The van der Waals surface area contributed by atoms with Gasteiger partial charge in [0.1, 0.15) is 5.76 Å². The summed E-state index contributed by atoms with van der Waals surface area (Å²) in [6.45, 7) is 7.63. The third-order valence-corrected chi connectivity index (χ3v) is 5.97. The molecule has 0 saturated carbocycles. The van der Waals surface area contributed by atoms with E-state index in [-0.39, 0.29) is 30.0 Å². The zero-order chi connectivity index (χ0) is 19.2. The third-order valence-electron chi connectivity index (χ3n) is 5.97. The van der Waals surface area contributed by atoms with E-state index in [2.05, 4.69) is 52.4 Å². The second-order valence-electron chi connectivity index (χ2n) is 7.94. The van der Waals surface area contributed by atoms with Crippen LogP contribution >= 0.6 is 24.0 Å². The number of furan rings is 1. The molecule has 2 fully saturated rings. The Kier molecular flexibility index (Phi) is 8.41. The van der Waals surface area contributed by atoms with Crippen molar-refractivity contribution in [3.63, 3.8) is 0 Å². The Hall–Kier alpha value is -1.54. The molecule has 4 rings (SSSR count). The number of hydrogen-bond donors (Lipinski definition) is 1. The number of benzene rings is 1. The van der Waals surface area contributed by atoms with E-state index < -0.39 is 0 Å². The first-order chi connectivity index (χ1) is 13.8. The van der Waals surface area contributed by atoms with Crippen molar-refractivity contribution in [3.05, 3.63) is 60.1 Å². The molecule has 0 radical (unpaired) electrons. The minimum atomic E-state index is 0. The van der Waals surface area contributed by atoms with E-state index in [0.717, 1.165) is 37.8 Å². The van der Waals surface area contributed by atoms with Crippen molar-refractivity contribution in [2.24, 2.45) is 4.99 Å². The van der Waals surface area contributed by atoms with Crippen LogP contribution in [-0.4, -0.2) is 54.5 Å². The molecule has 2 aromatic rings. The number of guanidine groups is 1. The highest BCUT2D eigenvalue weighted by Gasteiger charge is 2.31. The second-order valence-corrected chi connectivity index (χ2v) is 7.94. The Labute approximate surface area is 191 Å².